The zero-order valence-corrected chi connectivity index (χ0v) is 12.1. The summed E-state index contributed by atoms with van der Waals surface area (Å²) in [4.78, 5) is 1.26. The quantitative estimate of drug-likeness (QED) is 0.874. The summed E-state index contributed by atoms with van der Waals surface area (Å²) in [6.45, 7) is 6.71. The molecule has 0 aliphatic heterocycles. The molecule has 1 unspecified atom stereocenters. The summed E-state index contributed by atoms with van der Waals surface area (Å²) in [5.41, 5.74) is 9.10. The van der Waals surface area contributed by atoms with Gasteiger partial charge in [-0.05, 0) is 34.4 Å². The van der Waals surface area contributed by atoms with Crippen LogP contribution in [0.5, 0.6) is 0 Å². The average molecular weight is 259 g/mol. The Morgan fingerprint density at radius 2 is 1.78 bits per heavy atom. The second-order valence-corrected chi connectivity index (χ2v) is 6.75. The Balaban J connectivity index is 2.07. The Morgan fingerprint density at radius 3 is 2.28 bits per heavy atom. The number of nitrogens with two attached hydrogens (primary N) is 1. The van der Waals surface area contributed by atoms with Crippen molar-refractivity contribution in [1.29, 1.82) is 0 Å². The molecule has 0 radical (unpaired) electrons. The number of hydrogen-bond acceptors (Lipinski definition) is 2. The van der Waals surface area contributed by atoms with Crippen molar-refractivity contribution >= 4 is 11.3 Å². The summed E-state index contributed by atoms with van der Waals surface area (Å²) in [5.74, 6) is 0. The highest BCUT2D eigenvalue weighted by Gasteiger charge is 2.13. The second kappa shape index (κ2) is 5.25. The van der Waals surface area contributed by atoms with Crippen LogP contribution in [-0.4, -0.2) is 0 Å². The molecule has 2 N–H and O–H groups in total. The van der Waals surface area contributed by atoms with Gasteiger partial charge in [0.25, 0.3) is 0 Å². The first-order valence-electron chi connectivity index (χ1n) is 6.35. The average Bonchev–Trinajstić information content (AvgIpc) is 2.82. The molecule has 0 aliphatic carbocycles. The third-order valence-electron chi connectivity index (χ3n) is 3.18. The van der Waals surface area contributed by atoms with E-state index >= 15 is 0 Å². The molecule has 1 heterocycles. The van der Waals surface area contributed by atoms with Crippen molar-refractivity contribution in [3.05, 3.63) is 57.8 Å². The monoisotopic (exact) mass is 259 g/mol. The molecular weight excluding hydrogens is 238 g/mol. The maximum atomic E-state index is 6.21. The smallest absolute Gasteiger partial charge is 0.0430 e. The zero-order valence-electron chi connectivity index (χ0n) is 11.3. The maximum absolute atomic E-state index is 6.21. The van der Waals surface area contributed by atoms with Gasteiger partial charge in [-0.1, -0.05) is 51.1 Å². The van der Waals surface area contributed by atoms with Gasteiger partial charge >= 0.3 is 0 Å². The Hall–Kier alpha value is -1.12. The summed E-state index contributed by atoms with van der Waals surface area (Å²) >= 11 is 1.73. The van der Waals surface area contributed by atoms with Gasteiger partial charge in [-0.15, -0.1) is 11.3 Å². The number of rotatable bonds is 3. The molecule has 0 amide bonds. The largest absolute Gasteiger partial charge is 0.323 e. The highest BCUT2D eigenvalue weighted by molar-refractivity contribution is 7.10. The summed E-state index contributed by atoms with van der Waals surface area (Å²) in [7, 11) is 0. The molecule has 18 heavy (non-hydrogen) atoms. The van der Waals surface area contributed by atoms with Gasteiger partial charge in [0, 0.05) is 10.9 Å². The van der Waals surface area contributed by atoms with Crippen LogP contribution in [0.2, 0.25) is 0 Å². The van der Waals surface area contributed by atoms with Gasteiger partial charge in [0.15, 0.2) is 0 Å². The van der Waals surface area contributed by atoms with E-state index in [2.05, 4.69) is 62.5 Å². The van der Waals surface area contributed by atoms with E-state index in [1.54, 1.807) is 11.3 Å². The van der Waals surface area contributed by atoms with Crippen molar-refractivity contribution in [2.45, 2.75) is 38.6 Å². The van der Waals surface area contributed by atoms with Crippen LogP contribution in [0.1, 0.15) is 42.8 Å². The molecule has 0 saturated carbocycles. The van der Waals surface area contributed by atoms with E-state index in [0.717, 1.165) is 6.42 Å². The molecule has 0 bridgehead atoms. The summed E-state index contributed by atoms with van der Waals surface area (Å²) in [6, 6.07) is 13.1. The summed E-state index contributed by atoms with van der Waals surface area (Å²) in [6.07, 6.45) is 0.908. The predicted molar refractivity (Wildman–Crippen MR) is 80.1 cm³/mol. The summed E-state index contributed by atoms with van der Waals surface area (Å²) in [5, 5.41) is 2.08. The van der Waals surface area contributed by atoms with Crippen molar-refractivity contribution in [2.24, 2.45) is 5.73 Å². The standard InChI is InChI=1S/C16H21NS/c1-16(2,3)13-8-6-12(7-9-13)11-14(17)15-5-4-10-18-15/h4-10,14H,11,17H2,1-3H3. The molecule has 0 spiro atoms. The second-order valence-electron chi connectivity index (χ2n) is 5.77. The van der Waals surface area contributed by atoms with Crippen LogP contribution in [0.25, 0.3) is 0 Å². The minimum absolute atomic E-state index is 0.116. The molecule has 2 aromatic rings. The molecule has 1 aromatic carbocycles. The third-order valence-corrected chi connectivity index (χ3v) is 4.19. The van der Waals surface area contributed by atoms with Crippen LogP contribution in [0.4, 0.5) is 0 Å². The van der Waals surface area contributed by atoms with E-state index in [-0.39, 0.29) is 11.5 Å². The molecule has 2 rings (SSSR count). The lowest BCUT2D eigenvalue weighted by atomic mass is 9.86. The highest BCUT2D eigenvalue weighted by atomic mass is 32.1. The Morgan fingerprint density at radius 1 is 1.11 bits per heavy atom. The Kier molecular flexibility index (Phi) is 3.88. The normalized spacial score (nSPS) is 13.6. The molecule has 1 aromatic heterocycles. The van der Waals surface area contributed by atoms with Gasteiger partial charge in [-0.2, -0.15) is 0 Å². The lowest BCUT2D eigenvalue weighted by Gasteiger charge is -2.19. The fraction of sp³-hybridized carbons (Fsp3) is 0.375. The lowest BCUT2D eigenvalue weighted by molar-refractivity contribution is 0.589. The zero-order chi connectivity index (χ0) is 13.2. The minimum atomic E-state index is 0.116. The van der Waals surface area contributed by atoms with E-state index in [1.165, 1.54) is 16.0 Å². The first kappa shape index (κ1) is 13.3. The van der Waals surface area contributed by atoms with Crippen molar-refractivity contribution in [3.63, 3.8) is 0 Å². The minimum Gasteiger partial charge on any atom is -0.323 e. The van der Waals surface area contributed by atoms with Crippen molar-refractivity contribution in [1.82, 2.24) is 0 Å². The first-order chi connectivity index (χ1) is 8.47. The van der Waals surface area contributed by atoms with Gasteiger partial charge in [-0.3, -0.25) is 0 Å². The maximum Gasteiger partial charge on any atom is 0.0430 e. The van der Waals surface area contributed by atoms with E-state index in [0.29, 0.717) is 0 Å². The first-order valence-corrected chi connectivity index (χ1v) is 7.23. The number of thiophene rings is 1. The van der Waals surface area contributed by atoms with Gasteiger partial charge in [0.1, 0.15) is 0 Å². The van der Waals surface area contributed by atoms with Crippen LogP contribution in [0.15, 0.2) is 41.8 Å². The third kappa shape index (κ3) is 3.21. The molecule has 2 heteroatoms. The number of benzene rings is 1. The lowest BCUT2D eigenvalue weighted by Crippen LogP contribution is -2.13. The van der Waals surface area contributed by atoms with Crippen LogP contribution >= 0.6 is 11.3 Å². The van der Waals surface area contributed by atoms with Gasteiger partial charge < -0.3 is 5.73 Å². The molecule has 1 nitrogen and oxygen atoms in total. The Labute approximate surface area is 114 Å². The SMILES string of the molecule is CC(C)(C)c1ccc(CC(N)c2cccs2)cc1. The molecule has 0 fully saturated rings. The highest BCUT2D eigenvalue weighted by Crippen LogP contribution is 2.24. The number of hydrogen-bond donors (Lipinski definition) is 1. The molecule has 0 saturated heterocycles. The fourth-order valence-corrected chi connectivity index (χ4v) is 2.73. The van der Waals surface area contributed by atoms with Gasteiger partial charge in [0.05, 0.1) is 0 Å². The van der Waals surface area contributed by atoms with E-state index in [1.807, 2.05) is 0 Å². The van der Waals surface area contributed by atoms with Crippen LogP contribution in [-0.2, 0) is 11.8 Å². The van der Waals surface area contributed by atoms with E-state index in [9.17, 15) is 0 Å². The molecule has 1 atom stereocenters. The molecule has 0 aliphatic rings. The van der Waals surface area contributed by atoms with Crippen molar-refractivity contribution in [2.75, 3.05) is 0 Å². The fourth-order valence-electron chi connectivity index (χ4n) is 2.00. The predicted octanol–water partition coefficient (Wildman–Crippen LogP) is 4.29. The van der Waals surface area contributed by atoms with Crippen molar-refractivity contribution < 1.29 is 0 Å². The van der Waals surface area contributed by atoms with Gasteiger partial charge in [0.2, 0.25) is 0 Å². The van der Waals surface area contributed by atoms with E-state index in [4.69, 9.17) is 5.73 Å². The van der Waals surface area contributed by atoms with Crippen LogP contribution in [0, 0.1) is 0 Å². The van der Waals surface area contributed by atoms with Gasteiger partial charge in [-0.25, -0.2) is 0 Å². The van der Waals surface area contributed by atoms with E-state index < -0.39 is 0 Å². The topological polar surface area (TPSA) is 26.0 Å². The molecule has 96 valence electrons. The molecular formula is C16H21NS. The van der Waals surface area contributed by atoms with Crippen LogP contribution in [0.3, 0.4) is 0 Å². The van der Waals surface area contributed by atoms with Crippen molar-refractivity contribution in [3.8, 4) is 0 Å². The van der Waals surface area contributed by atoms with Crippen LogP contribution < -0.4 is 5.73 Å². The summed E-state index contributed by atoms with van der Waals surface area (Å²) < 4.78 is 0. The Bertz CT molecular complexity index is 477.